The third-order valence-corrected chi connectivity index (χ3v) is 5.43. The van der Waals surface area contributed by atoms with Gasteiger partial charge in [-0.2, -0.15) is 11.8 Å². The molecule has 2 atom stereocenters. The van der Waals surface area contributed by atoms with Crippen LogP contribution in [0, 0.1) is 5.92 Å². The number of thioether (sulfide) groups is 1. The first-order valence-corrected chi connectivity index (χ1v) is 9.07. The number of hydrogen-bond donors (Lipinski definition) is 1. The number of aryl methyl sites for hydroxylation is 1. The Labute approximate surface area is 129 Å². The van der Waals surface area contributed by atoms with Crippen molar-refractivity contribution in [2.24, 2.45) is 5.92 Å². The predicted octanol–water partition coefficient (Wildman–Crippen LogP) is 5.07. The Hall–Kier alpha value is -0.470. The summed E-state index contributed by atoms with van der Waals surface area (Å²) in [6, 6.07) is 9.67. The van der Waals surface area contributed by atoms with E-state index in [9.17, 15) is 0 Å². The summed E-state index contributed by atoms with van der Waals surface area (Å²) in [5, 5.41) is 4.34. The first kappa shape index (κ1) is 17.6. The molecule has 114 valence electrons. The lowest BCUT2D eigenvalue weighted by Crippen LogP contribution is -2.24. The van der Waals surface area contributed by atoms with Gasteiger partial charge in [-0.3, -0.25) is 0 Å². The van der Waals surface area contributed by atoms with Gasteiger partial charge in [0.25, 0.3) is 0 Å². The van der Waals surface area contributed by atoms with Gasteiger partial charge in [-0.25, -0.2) is 0 Å². The van der Waals surface area contributed by atoms with Gasteiger partial charge in [0.2, 0.25) is 0 Å². The third kappa shape index (κ3) is 5.88. The molecule has 1 rings (SSSR count). The van der Waals surface area contributed by atoms with Crippen molar-refractivity contribution >= 4 is 11.8 Å². The van der Waals surface area contributed by atoms with E-state index in [0.29, 0.717) is 6.04 Å². The molecule has 0 aliphatic heterocycles. The molecule has 0 aromatic heterocycles. The number of rotatable bonds is 9. The molecule has 0 heterocycles. The summed E-state index contributed by atoms with van der Waals surface area (Å²) in [6.07, 6.45) is 2.41. The highest BCUT2D eigenvalue weighted by Gasteiger charge is 2.14. The van der Waals surface area contributed by atoms with Gasteiger partial charge in [0, 0.05) is 17.0 Å². The van der Waals surface area contributed by atoms with E-state index < -0.39 is 0 Å². The smallest absolute Gasteiger partial charge is 0.0411 e. The molecule has 0 spiro atoms. The summed E-state index contributed by atoms with van der Waals surface area (Å²) in [7, 11) is 0. The lowest BCUT2D eigenvalue weighted by molar-refractivity contribution is 0.598. The van der Waals surface area contributed by atoms with Crippen LogP contribution >= 0.6 is 11.8 Å². The molecule has 1 aromatic carbocycles. The van der Waals surface area contributed by atoms with Crippen LogP contribution < -0.4 is 5.32 Å². The van der Waals surface area contributed by atoms with Crippen LogP contribution in [0.4, 0.5) is 0 Å². The molecule has 0 radical (unpaired) electrons. The van der Waals surface area contributed by atoms with Crippen molar-refractivity contribution in [2.75, 3.05) is 12.3 Å². The Bertz CT molecular complexity index is 358. The second kappa shape index (κ2) is 9.46. The average molecular weight is 294 g/mol. The van der Waals surface area contributed by atoms with Crippen molar-refractivity contribution in [3.05, 3.63) is 35.4 Å². The van der Waals surface area contributed by atoms with Crippen LogP contribution in [0.5, 0.6) is 0 Å². The van der Waals surface area contributed by atoms with Gasteiger partial charge < -0.3 is 5.32 Å². The predicted molar refractivity (Wildman–Crippen MR) is 93.6 cm³/mol. The number of benzene rings is 1. The van der Waals surface area contributed by atoms with Crippen LogP contribution in [-0.4, -0.2) is 17.5 Å². The van der Waals surface area contributed by atoms with Gasteiger partial charge in [-0.15, -0.1) is 0 Å². The van der Waals surface area contributed by atoms with Crippen molar-refractivity contribution in [3.8, 4) is 0 Å². The molecule has 2 unspecified atom stereocenters. The normalized spacial score (nSPS) is 14.5. The zero-order valence-electron chi connectivity index (χ0n) is 13.8. The highest BCUT2D eigenvalue weighted by molar-refractivity contribution is 7.99. The van der Waals surface area contributed by atoms with Crippen molar-refractivity contribution in [1.82, 2.24) is 5.32 Å². The van der Waals surface area contributed by atoms with Gasteiger partial charge in [0.15, 0.2) is 0 Å². The molecule has 1 aromatic rings. The summed E-state index contributed by atoms with van der Waals surface area (Å²) < 4.78 is 0. The van der Waals surface area contributed by atoms with Crippen molar-refractivity contribution < 1.29 is 0 Å². The van der Waals surface area contributed by atoms with Crippen LogP contribution in [0.15, 0.2) is 24.3 Å². The molecule has 0 fully saturated rings. The Morgan fingerprint density at radius 3 is 2.20 bits per heavy atom. The van der Waals surface area contributed by atoms with Crippen molar-refractivity contribution in [2.45, 2.75) is 58.8 Å². The third-order valence-electron chi connectivity index (χ3n) is 3.84. The Morgan fingerprint density at radius 2 is 1.70 bits per heavy atom. The SMILES string of the molecule is CCCc1ccc(C(CSC(C)C(C)C)NCC)cc1. The van der Waals surface area contributed by atoms with Crippen LogP contribution in [0.1, 0.15) is 58.2 Å². The fourth-order valence-corrected chi connectivity index (χ4v) is 3.36. The molecule has 1 N–H and O–H groups in total. The Kier molecular flexibility index (Phi) is 8.32. The maximum atomic E-state index is 3.62. The van der Waals surface area contributed by atoms with Crippen LogP contribution in [-0.2, 0) is 6.42 Å². The molecule has 0 saturated heterocycles. The van der Waals surface area contributed by atoms with E-state index >= 15 is 0 Å². The van der Waals surface area contributed by atoms with Gasteiger partial charge in [-0.1, -0.05) is 65.3 Å². The molecule has 0 saturated carbocycles. The van der Waals surface area contributed by atoms with E-state index in [1.165, 1.54) is 24.0 Å². The van der Waals surface area contributed by atoms with E-state index in [0.717, 1.165) is 23.5 Å². The molecule has 0 amide bonds. The van der Waals surface area contributed by atoms with Gasteiger partial charge in [0.1, 0.15) is 0 Å². The highest BCUT2D eigenvalue weighted by Crippen LogP contribution is 2.25. The molecule has 0 aliphatic carbocycles. The lowest BCUT2D eigenvalue weighted by Gasteiger charge is -2.22. The van der Waals surface area contributed by atoms with Crippen molar-refractivity contribution in [3.63, 3.8) is 0 Å². The van der Waals surface area contributed by atoms with E-state index in [1.807, 2.05) is 0 Å². The highest BCUT2D eigenvalue weighted by atomic mass is 32.2. The van der Waals surface area contributed by atoms with E-state index in [-0.39, 0.29) is 0 Å². The lowest BCUT2D eigenvalue weighted by atomic mass is 10.0. The fourth-order valence-electron chi connectivity index (χ4n) is 2.17. The first-order chi connectivity index (χ1) is 9.58. The first-order valence-electron chi connectivity index (χ1n) is 8.02. The zero-order chi connectivity index (χ0) is 15.0. The molecule has 1 nitrogen and oxygen atoms in total. The summed E-state index contributed by atoms with van der Waals surface area (Å²) in [5.74, 6) is 1.90. The van der Waals surface area contributed by atoms with Gasteiger partial charge in [-0.05, 0) is 30.0 Å². The maximum Gasteiger partial charge on any atom is 0.0411 e. The zero-order valence-corrected chi connectivity index (χ0v) is 14.6. The summed E-state index contributed by atoms with van der Waals surface area (Å²) in [4.78, 5) is 0. The second-order valence-electron chi connectivity index (χ2n) is 5.88. The van der Waals surface area contributed by atoms with E-state index in [2.05, 4.69) is 76.0 Å². The Morgan fingerprint density at radius 1 is 1.05 bits per heavy atom. The van der Waals surface area contributed by atoms with Crippen molar-refractivity contribution in [1.29, 1.82) is 0 Å². The minimum atomic E-state index is 0.474. The monoisotopic (exact) mass is 293 g/mol. The minimum Gasteiger partial charge on any atom is -0.310 e. The quantitative estimate of drug-likeness (QED) is 0.682. The minimum absolute atomic E-state index is 0.474. The van der Waals surface area contributed by atoms with Gasteiger partial charge in [0.05, 0.1) is 0 Å². The fraction of sp³-hybridized carbons (Fsp3) is 0.667. The van der Waals surface area contributed by atoms with Crippen LogP contribution in [0.3, 0.4) is 0 Å². The second-order valence-corrected chi connectivity index (χ2v) is 7.29. The summed E-state index contributed by atoms with van der Waals surface area (Å²) in [5.41, 5.74) is 2.88. The number of hydrogen-bond acceptors (Lipinski definition) is 2. The molecule has 0 bridgehead atoms. The average Bonchev–Trinajstić information content (AvgIpc) is 2.44. The van der Waals surface area contributed by atoms with E-state index in [1.54, 1.807) is 0 Å². The standard InChI is InChI=1S/C18H31NS/c1-6-8-16-9-11-17(12-10-16)18(19-7-2)13-20-15(5)14(3)4/h9-12,14-15,18-19H,6-8,13H2,1-5H3. The molecular weight excluding hydrogens is 262 g/mol. The van der Waals surface area contributed by atoms with Crippen LogP contribution in [0.25, 0.3) is 0 Å². The molecule has 0 aliphatic rings. The van der Waals surface area contributed by atoms with E-state index in [4.69, 9.17) is 0 Å². The largest absolute Gasteiger partial charge is 0.310 e. The van der Waals surface area contributed by atoms with Gasteiger partial charge >= 0.3 is 0 Å². The topological polar surface area (TPSA) is 12.0 Å². The molecule has 20 heavy (non-hydrogen) atoms. The molecular formula is C18H31NS. The van der Waals surface area contributed by atoms with Crippen LogP contribution in [0.2, 0.25) is 0 Å². The Balaban J connectivity index is 2.64. The number of nitrogens with one attached hydrogen (secondary N) is 1. The summed E-state index contributed by atoms with van der Waals surface area (Å²) >= 11 is 2.08. The maximum absolute atomic E-state index is 3.62. The molecule has 2 heteroatoms. The summed E-state index contributed by atoms with van der Waals surface area (Å²) in [6.45, 7) is 12.4.